The van der Waals surface area contributed by atoms with Crippen LogP contribution in [-0.2, 0) is 4.74 Å². The van der Waals surface area contributed by atoms with Gasteiger partial charge in [0.05, 0.1) is 0 Å². The Balaban J connectivity index is 1.92. The predicted molar refractivity (Wildman–Crippen MR) is 56.3 cm³/mol. The molecule has 0 aromatic rings. The van der Waals surface area contributed by atoms with Gasteiger partial charge in [0.25, 0.3) is 0 Å². The largest absolute Gasteiger partial charge is 0.382 e. The fraction of sp³-hybridized carbons (Fsp3) is 1.00. The minimum absolute atomic E-state index is 0.527. The smallest absolute Gasteiger partial charge is 0.123 e. The Morgan fingerprint density at radius 2 is 2.07 bits per heavy atom. The second-order valence-corrected chi connectivity index (χ2v) is 4.09. The first-order valence-electron chi connectivity index (χ1n) is 5.74. The number of hydrogen-bond acceptors (Lipinski definition) is 2. The number of alkyl halides is 1. The summed E-state index contributed by atoms with van der Waals surface area (Å²) in [5.74, 6) is 0. The molecule has 0 atom stereocenters. The molecule has 0 spiro atoms. The van der Waals surface area contributed by atoms with Crippen LogP contribution < -0.4 is 5.32 Å². The van der Waals surface area contributed by atoms with Crippen LogP contribution in [0.4, 0.5) is 4.39 Å². The second kappa shape index (κ2) is 6.36. The van der Waals surface area contributed by atoms with Crippen molar-refractivity contribution in [3.63, 3.8) is 0 Å². The van der Waals surface area contributed by atoms with Gasteiger partial charge >= 0.3 is 0 Å². The quantitative estimate of drug-likeness (QED) is 0.641. The van der Waals surface area contributed by atoms with Crippen molar-refractivity contribution in [2.45, 2.75) is 44.7 Å². The molecule has 0 aliphatic heterocycles. The van der Waals surface area contributed by atoms with E-state index in [2.05, 4.69) is 5.32 Å². The topological polar surface area (TPSA) is 21.3 Å². The third kappa shape index (κ3) is 4.38. The molecule has 84 valence electrons. The number of rotatable bonds is 7. The first-order chi connectivity index (χ1) is 6.77. The van der Waals surface area contributed by atoms with E-state index in [-0.39, 0.29) is 0 Å². The SMILES string of the molecule is CCOCCCNCC1(F)CCCC1. The molecule has 14 heavy (non-hydrogen) atoms. The number of hydrogen-bond donors (Lipinski definition) is 1. The molecule has 1 rings (SSSR count). The Morgan fingerprint density at radius 1 is 1.36 bits per heavy atom. The average molecular weight is 203 g/mol. The van der Waals surface area contributed by atoms with Crippen LogP contribution in [0.2, 0.25) is 0 Å². The summed E-state index contributed by atoms with van der Waals surface area (Å²) < 4.78 is 19.0. The Hall–Kier alpha value is -0.150. The number of ether oxygens (including phenoxy) is 1. The molecule has 0 heterocycles. The van der Waals surface area contributed by atoms with Crippen molar-refractivity contribution in [1.29, 1.82) is 0 Å². The number of halogens is 1. The van der Waals surface area contributed by atoms with Gasteiger partial charge in [0.1, 0.15) is 5.67 Å². The van der Waals surface area contributed by atoms with Gasteiger partial charge in [0.2, 0.25) is 0 Å². The molecule has 1 aliphatic rings. The molecule has 1 saturated carbocycles. The Kier molecular flexibility index (Phi) is 5.41. The van der Waals surface area contributed by atoms with Gasteiger partial charge in [-0.05, 0) is 32.7 Å². The lowest BCUT2D eigenvalue weighted by Gasteiger charge is -2.19. The molecule has 1 fully saturated rings. The van der Waals surface area contributed by atoms with E-state index in [9.17, 15) is 4.39 Å². The molecular weight excluding hydrogens is 181 g/mol. The molecule has 1 aliphatic carbocycles. The van der Waals surface area contributed by atoms with Gasteiger partial charge in [-0.1, -0.05) is 12.8 Å². The van der Waals surface area contributed by atoms with Gasteiger partial charge in [0, 0.05) is 19.8 Å². The minimum Gasteiger partial charge on any atom is -0.382 e. The third-order valence-corrected chi connectivity index (χ3v) is 2.79. The predicted octanol–water partition coefficient (Wildman–Crippen LogP) is 2.28. The van der Waals surface area contributed by atoms with Crippen molar-refractivity contribution in [1.82, 2.24) is 5.32 Å². The number of nitrogens with one attached hydrogen (secondary N) is 1. The second-order valence-electron chi connectivity index (χ2n) is 4.09. The van der Waals surface area contributed by atoms with Crippen LogP contribution in [0, 0.1) is 0 Å². The van der Waals surface area contributed by atoms with Crippen LogP contribution in [0.5, 0.6) is 0 Å². The molecule has 2 nitrogen and oxygen atoms in total. The third-order valence-electron chi connectivity index (χ3n) is 2.79. The highest BCUT2D eigenvalue weighted by molar-refractivity contribution is 4.86. The van der Waals surface area contributed by atoms with Crippen LogP contribution in [0.1, 0.15) is 39.0 Å². The van der Waals surface area contributed by atoms with Crippen molar-refractivity contribution < 1.29 is 9.13 Å². The maximum absolute atomic E-state index is 13.8. The van der Waals surface area contributed by atoms with Crippen LogP contribution in [-0.4, -0.2) is 32.0 Å². The summed E-state index contributed by atoms with van der Waals surface area (Å²) in [6.07, 6.45) is 4.56. The first kappa shape index (κ1) is 11.9. The van der Waals surface area contributed by atoms with E-state index in [4.69, 9.17) is 4.74 Å². The summed E-state index contributed by atoms with van der Waals surface area (Å²) in [5.41, 5.74) is -0.911. The summed E-state index contributed by atoms with van der Waals surface area (Å²) in [6.45, 7) is 4.93. The summed E-state index contributed by atoms with van der Waals surface area (Å²) in [7, 11) is 0. The molecule has 0 amide bonds. The highest BCUT2D eigenvalue weighted by Gasteiger charge is 2.32. The highest BCUT2D eigenvalue weighted by Crippen LogP contribution is 2.32. The van der Waals surface area contributed by atoms with Crippen LogP contribution >= 0.6 is 0 Å². The van der Waals surface area contributed by atoms with Crippen LogP contribution in [0.3, 0.4) is 0 Å². The van der Waals surface area contributed by atoms with Gasteiger partial charge in [-0.25, -0.2) is 4.39 Å². The van der Waals surface area contributed by atoms with Crippen molar-refractivity contribution >= 4 is 0 Å². The summed E-state index contributed by atoms with van der Waals surface area (Å²) in [6, 6.07) is 0. The summed E-state index contributed by atoms with van der Waals surface area (Å²) in [5, 5.41) is 3.17. The van der Waals surface area contributed by atoms with E-state index >= 15 is 0 Å². The van der Waals surface area contributed by atoms with E-state index in [0.29, 0.717) is 6.54 Å². The van der Waals surface area contributed by atoms with E-state index in [1.165, 1.54) is 0 Å². The molecule has 1 N–H and O–H groups in total. The average Bonchev–Trinajstić information content (AvgIpc) is 2.59. The molecular formula is C11H22FNO. The summed E-state index contributed by atoms with van der Waals surface area (Å²) in [4.78, 5) is 0. The Bertz CT molecular complexity index is 146. The fourth-order valence-corrected chi connectivity index (χ4v) is 1.94. The molecule has 0 aromatic carbocycles. The van der Waals surface area contributed by atoms with Crippen molar-refractivity contribution in [3.05, 3.63) is 0 Å². The summed E-state index contributed by atoms with van der Waals surface area (Å²) >= 11 is 0. The standard InChI is InChI=1S/C11H22FNO/c1-2-14-9-5-8-13-10-11(12)6-3-4-7-11/h13H,2-10H2,1H3. The molecule has 0 radical (unpaired) electrons. The fourth-order valence-electron chi connectivity index (χ4n) is 1.94. The van der Waals surface area contributed by atoms with Crippen LogP contribution in [0.25, 0.3) is 0 Å². The Morgan fingerprint density at radius 3 is 2.71 bits per heavy atom. The van der Waals surface area contributed by atoms with E-state index in [1.54, 1.807) is 0 Å². The molecule has 0 unspecified atom stereocenters. The lowest BCUT2D eigenvalue weighted by molar-refractivity contribution is 0.139. The molecule has 3 heteroatoms. The monoisotopic (exact) mass is 203 g/mol. The van der Waals surface area contributed by atoms with E-state index < -0.39 is 5.67 Å². The molecule has 0 saturated heterocycles. The first-order valence-corrected chi connectivity index (χ1v) is 5.74. The normalized spacial score (nSPS) is 20.1. The highest BCUT2D eigenvalue weighted by atomic mass is 19.1. The lowest BCUT2D eigenvalue weighted by Crippen LogP contribution is -2.34. The van der Waals surface area contributed by atoms with E-state index in [1.807, 2.05) is 6.92 Å². The van der Waals surface area contributed by atoms with Gasteiger partial charge in [0.15, 0.2) is 0 Å². The molecule has 0 aromatic heterocycles. The Labute approximate surface area is 86.2 Å². The maximum atomic E-state index is 13.8. The van der Waals surface area contributed by atoms with Gasteiger partial charge in [-0.15, -0.1) is 0 Å². The zero-order valence-corrected chi connectivity index (χ0v) is 9.15. The maximum Gasteiger partial charge on any atom is 0.123 e. The van der Waals surface area contributed by atoms with Gasteiger partial charge in [-0.2, -0.15) is 0 Å². The van der Waals surface area contributed by atoms with E-state index in [0.717, 1.165) is 51.9 Å². The van der Waals surface area contributed by atoms with Gasteiger partial charge < -0.3 is 10.1 Å². The van der Waals surface area contributed by atoms with Gasteiger partial charge in [-0.3, -0.25) is 0 Å². The molecule has 0 bridgehead atoms. The zero-order chi connectivity index (χ0) is 10.3. The minimum atomic E-state index is -0.911. The van der Waals surface area contributed by atoms with Crippen LogP contribution in [0.15, 0.2) is 0 Å². The van der Waals surface area contributed by atoms with Crippen molar-refractivity contribution in [2.75, 3.05) is 26.3 Å². The zero-order valence-electron chi connectivity index (χ0n) is 9.15. The van der Waals surface area contributed by atoms with Crippen molar-refractivity contribution in [2.24, 2.45) is 0 Å². The van der Waals surface area contributed by atoms with Crippen molar-refractivity contribution in [3.8, 4) is 0 Å². The lowest BCUT2D eigenvalue weighted by atomic mass is 10.1.